The largest absolute Gasteiger partial charge is 0.468 e. The van der Waals surface area contributed by atoms with Gasteiger partial charge in [0.1, 0.15) is 5.60 Å². The van der Waals surface area contributed by atoms with E-state index in [2.05, 4.69) is 20.6 Å². The number of alkyl halides is 3. The van der Waals surface area contributed by atoms with Crippen molar-refractivity contribution in [2.45, 2.75) is 32.2 Å². The Labute approximate surface area is 191 Å². The molecule has 3 N–H and O–H groups in total. The van der Waals surface area contributed by atoms with Crippen molar-refractivity contribution in [1.29, 1.82) is 0 Å². The highest BCUT2D eigenvalue weighted by Crippen LogP contribution is 2.21. The third kappa shape index (κ3) is 8.74. The van der Waals surface area contributed by atoms with Gasteiger partial charge in [-0.3, -0.25) is 0 Å². The van der Waals surface area contributed by atoms with E-state index in [1.54, 1.807) is 19.1 Å². The number of nitrogens with one attached hydrogen (secondary N) is 2. The van der Waals surface area contributed by atoms with Crippen LogP contribution >= 0.6 is 24.0 Å². The van der Waals surface area contributed by atoms with E-state index >= 15 is 0 Å². The lowest BCUT2D eigenvalue weighted by atomic mass is 9.96. The van der Waals surface area contributed by atoms with Gasteiger partial charge in [0.25, 0.3) is 0 Å². The molecule has 166 valence electrons. The zero-order chi connectivity index (χ0) is 21.3. The van der Waals surface area contributed by atoms with Crippen molar-refractivity contribution in [3.8, 4) is 5.88 Å². The molecule has 0 aliphatic heterocycles. The predicted octanol–water partition coefficient (Wildman–Crippen LogP) is 3.60. The van der Waals surface area contributed by atoms with Gasteiger partial charge in [-0.1, -0.05) is 36.4 Å². The molecule has 0 radical (unpaired) electrons. The lowest BCUT2D eigenvalue weighted by molar-refractivity contribution is -0.154. The number of hydrogen-bond donors (Lipinski definition) is 3. The van der Waals surface area contributed by atoms with Crippen molar-refractivity contribution in [2.24, 2.45) is 4.99 Å². The molecule has 1 atom stereocenters. The first kappa shape index (κ1) is 26.0. The average molecular weight is 538 g/mol. The summed E-state index contributed by atoms with van der Waals surface area (Å²) >= 11 is 0. The fraction of sp³-hybridized carbons (Fsp3) is 0.400. The van der Waals surface area contributed by atoms with Gasteiger partial charge in [-0.25, -0.2) is 9.98 Å². The second-order valence-corrected chi connectivity index (χ2v) is 6.56. The van der Waals surface area contributed by atoms with E-state index < -0.39 is 18.4 Å². The van der Waals surface area contributed by atoms with Crippen LogP contribution in [0.3, 0.4) is 0 Å². The molecule has 1 aromatic carbocycles. The van der Waals surface area contributed by atoms with Crippen LogP contribution in [0.2, 0.25) is 0 Å². The molecular formula is C20H26F3IN4O2. The van der Waals surface area contributed by atoms with Crippen molar-refractivity contribution in [3.05, 3.63) is 59.8 Å². The summed E-state index contributed by atoms with van der Waals surface area (Å²) in [5, 5.41) is 16.8. The summed E-state index contributed by atoms with van der Waals surface area (Å²) in [4.78, 5) is 8.23. The molecule has 2 rings (SSSR count). The second-order valence-electron chi connectivity index (χ2n) is 6.56. The topological polar surface area (TPSA) is 78.8 Å². The Hall–Kier alpha value is -2.08. The Kier molecular flexibility index (Phi) is 10.3. The maximum Gasteiger partial charge on any atom is 0.422 e. The number of hydrogen-bond acceptors (Lipinski definition) is 4. The molecule has 1 unspecified atom stereocenters. The summed E-state index contributed by atoms with van der Waals surface area (Å²) in [5.74, 6) is 0.301. The molecule has 0 bridgehead atoms. The highest BCUT2D eigenvalue weighted by atomic mass is 127. The first-order valence-corrected chi connectivity index (χ1v) is 9.15. The Balaban J connectivity index is 0.00000450. The highest BCUT2D eigenvalue weighted by Gasteiger charge is 2.29. The molecular weight excluding hydrogens is 512 g/mol. The van der Waals surface area contributed by atoms with Gasteiger partial charge < -0.3 is 20.5 Å². The van der Waals surface area contributed by atoms with Crippen LogP contribution in [0.15, 0.2) is 53.7 Å². The maximum atomic E-state index is 12.4. The average Bonchev–Trinajstić information content (AvgIpc) is 2.69. The van der Waals surface area contributed by atoms with Crippen LogP contribution in [0, 0.1) is 0 Å². The van der Waals surface area contributed by atoms with E-state index in [9.17, 15) is 18.3 Å². The van der Waals surface area contributed by atoms with Crippen molar-refractivity contribution in [3.63, 3.8) is 0 Å². The third-order valence-electron chi connectivity index (χ3n) is 3.97. The number of aliphatic hydroxyl groups is 1. The summed E-state index contributed by atoms with van der Waals surface area (Å²) in [5.41, 5.74) is 0.0365. The molecule has 0 amide bonds. The fourth-order valence-electron chi connectivity index (χ4n) is 2.49. The van der Waals surface area contributed by atoms with Crippen molar-refractivity contribution >= 4 is 29.9 Å². The van der Waals surface area contributed by atoms with Gasteiger partial charge in [0.15, 0.2) is 12.6 Å². The Morgan fingerprint density at radius 1 is 1.13 bits per heavy atom. The number of pyridine rings is 1. The van der Waals surface area contributed by atoms with Gasteiger partial charge in [0.05, 0.1) is 13.1 Å². The number of rotatable bonds is 8. The van der Waals surface area contributed by atoms with Crippen LogP contribution < -0.4 is 15.4 Å². The molecule has 0 aliphatic carbocycles. The van der Waals surface area contributed by atoms with Crippen LogP contribution in [-0.4, -0.2) is 41.9 Å². The zero-order valence-corrected chi connectivity index (χ0v) is 19.1. The highest BCUT2D eigenvalue weighted by molar-refractivity contribution is 14.0. The predicted molar refractivity (Wildman–Crippen MR) is 120 cm³/mol. The van der Waals surface area contributed by atoms with Gasteiger partial charge in [-0.15, -0.1) is 24.0 Å². The molecule has 0 fully saturated rings. The van der Waals surface area contributed by atoms with Gasteiger partial charge in [-0.05, 0) is 25.5 Å². The number of aromatic nitrogens is 1. The van der Waals surface area contributed by atoms with Crippen molar-refractivity contribution in [1.82, 2.24) is 15.6 Å². The first-order valence-electron chi connectivity index (χ1n) is 9.15. The Morgan fingerprint density at radius 2 is 1.83 bits per heavy atom. The van der Waals surface area contributed by atoms with Crippen LogP contribution in [0.1, 0.15) is 25.0 Å². The van der Waals surface area contributed by atoms with Crippen molar-refractivity contribution in [2.75, 3.05) is 19.7 Å². The molecule has 30 heavy (non-hydrogen) atoms. The van der Waals surface area contributed by atoms with Gasteiger partial charge in [-0.2, -0.15) is 13.2 Å². The van der Waals surface area contributed by atoms with Gasteiger partial charge in [0.2, 0.25) is 5.88 Å². The zero-order valence-electron chi connectivity index (χ0n) is 16.7. The summed E-state index contributed by atoms with van der Waals surface area (Å²) in [6.07, 6.45) is -3.09. The Bertz CT molecular complexity index is 802. The van der Waals surface area contributed by atoms with E-state index in [1.165, 1.54) is 6.20 Å². The lowest BCUT2D eigenvalue weighted by Crippen LogP contribution is -2.44. The quantitative estimate of drug-likeness (QED) is 0.272. The van der Waals surface area contributed by atoms with Gasteiger partial charge >= 0.3 is 6.18 Å². The lowest BCUT2D eigenvalue weighted by Gasteiger charge is -2.25. The molecule has 1 aromatic heterocycles. The molecule has 0 saturated carbocycles. The molecule has 10 heteroatoms. The number of nitrogens with zero attached hydrogens (tertiary/aromatic N) is 2. The van der Waals surface area contributed by atoms with Crippen LogP contribution in [-0.2, 0) is 12.1 Å². The first-order chi connectivity index (χ1) is 13.7. The number of benzene rings is 1. The molecule has 0 spiro atoms. The van der Waals surface area contributed by atoms with Gasteiger partial charge in [0, 0.05) is 18.3 Å². The van der Waals surface area contributed by atoms with E-state index in [-0.39, 0.29) is 42.9 Å². The SMILES string of the molecule is CCNC(=NCc1cccnc1OCC(F)(F)F)NCC(C)(O)c1ccccc1.I. The minimum atomic E-state index is -4.45. The van der Waals surface area contributed by atoms with Crippen LogP contribution in [0.4, 0.5) is 13.2 Å². The minimum absolute atomic E-state index is 0. The van der Waals surface area contributed by atoms with E-state index in [1.807, 2.05) is 37.3 Å². The number of aliphatic imine (C=N–C) groups is 1. The normalized spacial score (nSPS) is 13.7. The van der Waals surface area contributed by atoms with E-state index in [4.69, 9.17) is 4.74 Å². The molecule has 0 aliphatic rings. The van der Waals surface area contributed by atoms with Crippen molar-refractivity contribution < 1.29 is 23.0 Å². The standard InChI is InChI=1S/C20H25F3N4O2.HI/c1-3-24-18(27-13-19(2,28)16-9-5-4-6-10-16)26-12-15-8-7-11-25-17(15)29-14-20(21,22)23;/h4-11,28H,3,12-14H2,1-2H3,(H2,24,26,27);1H. The molecule has 1 heterocycles. The third-order valence-corrected chi connectivity index (χ3v) is 3.97. The molecule has 0 saturated heterocycles. The summed E-state index contributed by atoms with van der Waals surface area (Å²) in [6, 6.07) is 12.4. The minimum Gasteiger partial charge on any atom is -0.468 e. The molecule has 6 nitrogen and oxygen atoms in total. The summed E-state index contributed by atoms with van der Waals surface area (Å²) in [6.45, 7) is 2.97. The van der Waals surface area contributed by atoms with E-state index in [0.29, 0.717) is 18.1 Å². The monoisotopic (exact) mass is 538 g/mol. The van der Waals surface area contributed by atoms with Crippen LogP contribution in [0.5, 0.6) is 5.88 Å². The second kappa shape index (κ2) is 11.9. The van der Waals surface area contributed by atoms with E-state index in [0.717, 1.165) is 5.56 Å². The molecule has 2 aromatic rings. The Morgan fingerprint density at radius 3 is 2.47 bits per heavy atom. The number of ether oxygens (including phenoxy) is 1. The number of guanidine groups is 1. The summed E-state index contributed by atoms with van der Waals surface area (Å²) < 4.78 is 42.0. The fourth-order valence-corrected chi connectivity index (χ4v) is 2.49. The smallest absolute Gasteiger partial charge is 0.422 e. The number of halogens is 4. The summed E-state index contributed by atoms with van der Waals surface area (Å²) in [7, 11) is 0. The van der Waals surface area contributed by atoms with Crippen LogP contribution in [0.25, 0.3) is 0 Å². The maximum absolute atomic E-state index is 12.4.